The molecular formula is C31H34N4O5S. The number of rotatable bonds is 10. The highest BCUT2D eigenvalue weighted by Crippen LogP contribution is 2.40. The molecular weight excluding hydrogens is 540 g/mol. The monoisotopic (exact) mass is 574 g/mol. The molecule has 3 aliphatic rings. The van der Waals surface area contributed by atoms with E-state index in [2.05, 4.69) is 4.98 Å². The molecule has 1 aliphatic carbocycles. The summed E-state index contributed by atoms with van der Waals surface area (Å²) in [7, 11) is 0. The minimum atomic E-state index is -0.960. The van der Waals surface area contributed by atoms with Gasteiger partial charge in [-0.1, -0.05) is 24.3 Å². The van der Waals surface area contributed by atoms with Gasteiger partial charge in [0.05, 0.1) is 12.1 Å². The van der Waals surface area contributed by atoms with E-state index in [1.54, 1.807) is 16.0 Å². The van der Waals surface area contributed by atoms with Gasteiger partial charge in [-0.3, -0.25) is 24.2 Å². The van der Waals surface area contributed by atoms with Gasteiger partial charge < -0.3 is 9.84 Å². The third-order valence-corrected chi connectivity index (χ3v) is 8.94. The minimum absolute atomic E-state index is 0.0562. The van der Waals surface area contributed by atoms with Gasteiger partial charge in [-0.2, -0.15) is 0 Å². The number of ether oxygens (including phenoxy) is 1. The maximum atomic E-state index is 13.9. The molecule has 3 fully saturated rings. The van der Waals surface area contributed by atoms with Crippen LogP contribution in [-0.2, 0) is 19.1 Å². The average molecular weight is 575 g/mol. The number of aromatic nitrogens is 2. The van der Waals surface area contributed by atoms with Crippen molar-refractivity contribution < 1.29 is 24.2 Å². The summed E-state index contributed by atoms with van der Waals surface area (Å²) in [6.45, 7) is 2.00. The number of carbonyl (C=O) groups excluding carboxylic acids is 2. The fourth-order valence-corrected chi connectivity index (χ4v) is 6.79. The zero-order valence-corrected chi connectivity index (χ0v) is 23.7. The molecule has 1 saturated carbocycles. The number of carboxylic acids is 1. The molecule has 2 amide bonds. The van der Waals surface area contributed by atoms with E-state index in [4.69, 9.17) is 9.72 Å². The Hall–Kier alpha value is -3.63. The summed E-state index contributed by atoms with van der Waals surface area (Å²) < 4.78 is 5.61. The van der Waals surface area contributed by atoms with Gasteiger partial charge in [0.1, 0.15) is 5.82 Å². The molecule has 0 spiro atoms. The third-order valence-electron chi connectivity index (χ3n) is 8.10. The Morgan fingerprint density at radius 2 is 1.95 bits per heavy atom. The average Bonchev–Trinajstić information content (AvgIpc) is 3.53. The van der Waals surface area contributed by atoms with Crippen LogP contribution in [0.5, 0.6) is 0 Å². The molecule has 214 valence electrons. The molecule has 2 aromatic heterocycles. The molecule has 1 N–H and O–H groups in total. The summed E-state index contributed by atoms with van der Waals surface area (Å²) in [4.78, 5) is 50.7. The van der Waals surface area contributed by atoms with Gasteiger partial charge in [-0.05, 0) is 62.1 Å². The van der Waals surface area contributed by atoms with Crippen LogP contribution in [0.25, 0.3) is 22.4 Å². The van der Waals surface area contributed by atoms with E-state index in [0.29, 0.717) is 36.9 Å². The first-order valence-corrected chi connectivity index (χ1v) is 15.3. The van der Waals surface area contributed by atoms with E-state index in [1.165, 1.54) is 11.3 Å². The second-order valence-electron chi connectivity index (χ2n) is 11.2. The van der Waals surface area contributed by atoms with Crippen LogP contribution in [0, 0.1) is 11.8 Å². The van der Waals surface area contributed by atoms with Crippen LogP contribution in [0.4, 0.5) is 10.9 Å². The number of hydrogen-bond donors (Lipinski definition) is 1. The molecule has 0 radical (unpaired) electrons. The Labute approximate surface area is 243 Å². The van der Waals surface area contributed by atoms with E-state index in [1.807, 2.05) is 41.8 Å². The van der Waals surface area contributed by atoms with E-state index in [-0.39, 0.29) is 30.2 Å². The quantitative estimate of drug-likeness (QED) is 0.345. The summed E-state index contributed by atoms with van der Waals surface area (Å²) in [6.07, 6.45) is 7.20. The molecule has 1 unspecified atom stereocenters. The molecule has 4 heterocycles. The van der Waals surface area contributed by atoms with Gasteiger partial charge in [0.2, 0.25) is 11.8 Å². The van der Waals surface area contributed by atoms with Crippen LogP contribution in [0.2, 0.25) is 0 Å². The molecule has 41 heavy (non-hydrogen) atoms. The van der Waals surface area contributed by atoms with Crippen molar-refractivity contribution >= 4 is 40.1 Å². The Balaban J connectivity index is 1.25. The van der Waals surface area contributed by atoms with Gasteiger partial charge in [-0.25, -0.2) is 9.97 Å². The lowest BCUT2D eigenvalue weighted by Gasteiger charge is -2.29. The Kier molecular flexibility index (Phi) is 8.11. The predicted molar refractivity (Wildman–Crippen MR) is 157 cm³/mol. The molecule has 2 saturated heterocycles. The lowest BCUT2D eigenvalue weighted by Crippen LogP contribution is -2.40. The van der Waals surface area contributed by atoms with Crippen LogP contribution >= 0.6 is 11.3 Å². The number of benzene rings is 1. The summed E-state index contributed by atoms with van der Waals surface area (Å²) in [5.74, 6) is -0.747. The number of carbonyl (C=O) groups is 3. The van der Waals surface area contributed by atoms with Crippen molar-refractivity contribution in [3.63, 3.8) is 0 Å². The Morgan fingerprint density at radius 1 is 1.12 bits per heavy atom. The SMILES string of the molecule is O=C(O)CC(C[C@@H]1CCCOC1)C(=O)N(c1nc(-c2ccccc2-c2ccc(N3CCCC3=O)nc2)cs1)C1CC1. The molecule has 2 aliphatic heterocycles. The van der Waals surface area contributed by atoms with Crippen molar-refractivity contribution in [1.82, 2.24) is 9.97 Å². The maximum absolute atomic E-state index is 13.9. The third kappa shape index (κ3) is 6.18. The number of nitrogens with zero attached hydrogens (tertiary/aromatic N) is 4. The van der Waals surface area contributed by atoms with Crippen molar-refractivity contribution in [1.29, 1.82) is 0 Å². The smallest absolute Gasteiger partial charge is 0.304 e. The molecule has 10 heteroatoms. The highest BCUT2D eigenvalue weighted by Gasteiger charge is 2.40. The fraction of sp³-hybridized carbons (Fsp3) is 0.452. The van der Waals surface area contributed by atoms with E-state index in [9.17, 15) is 19.5 Å². The zero-order chi connectivity index (χ0) is 28.3. The number of amides is 2. The number of carboxylic acid groups (broad SMARTS) is 1. The predicted octanol–water partition coefficient (Wildman–Crippen LogP) is 5.40. The Morgan fingerprint density at radius 3 is 2.61 bits per heavy atom. The van der Waals surface area contributed by atoms with E-state index in [0.717, 1.165) is 61.1 Å². The van der Waals surface area contributed by atoms with Gasteiger partial charge in [0.25, 0.3) is 0 Å². The Bertz CT molecular complexity index is 1410. The summed E-state index contributed by atoms with van der Waals surface area (Å²) in [5.41, 5.74) is 3.55. The highest BCUT2D eigenvalue weighted by molar-refractivity contribution is 7.14. The van der Waals surface area contributed by atoms with Gasteiger partial charge in [0.15, 0.2) is 5.13 Å². The summed E-state index contributed by atoms with van der Waals surface area (Å²) in [5, 5.41) is 12.2. The molecule has 2 atom stereocenters. The van der Waals surface area contributed by atoms with Crippen LogP contribution < -0.4 is 9.80 Å². The first-order chi connectivity index (χ1) is 20.0. The number of anilines is 2. The molecule has 3 aromatic rings. The first kappa shape index (κ1) is 27.5. The molecule has 6 rings (SSSR count). The first-order valence-electron chi connectivity index (χ1n) is 14.4. The van der Waals surface area contributed by atoms with Crippen molar-refractivity contribution in [2.45, 2.75) is 57.4 Å². The van der Waals surface area contributed by atoms with Crippen LogP contribution in [0.3, 0.4) is 0 Å². The van der Waals surface area contributed by atoms with Crippen LogP contribution in [-0.4, -0.2) is 58.7 Å². The standard InChI is InChI=1S/C31H34N4O5S/c36-28-8-3-13-34(28)27-12-9-21(17-32-27)24-6-1-2-7-25(24)26-19-41-31(33-26)35(23-10-11-23)30(39)22(16-29(37)38)15-20-5-4-14-40-18-20/h1-2,6-7,9,12,17,19-20,22-23H,3-5,8,10-11,13-16,18H2,(H,37,38)/t20-,22?/m0/s1. The van der Waals surface area contributed by atoms with Gasteiger partial charge in [-0.15, -0.1) is 11.3 Å². The van der Waals surface area contributed by atoms with E-state index < -0.39 is 11.9 Å². The van der Waals surface area contributed by atoms with E-state index >= 15 is 0 Å². The van der Waals surface area contributed by atoms with Crippen molar-refractivity contribution in [3.8, 4) is 22.4 Å². The topological polar surface area (TPSA) is 113 Å². The van der Waals surface area contributed by atoms with Crippen LogP contribution in [0.1, 0.15) is 51.4 Å². The number of hydrogen-bond acceptors (Lipinski definition) is 7. The van der Waals surface area contributed by atoms with Gasteiger partial charge >= 0.3 is 5.97 Å². The second kappa shape index (κ2) is 12.1. The largest absolute Gasteiger partial charge is 0.481 e. The van der Waals surface area contributed by atoms with Crippen molar-refractivity contribution in [2.75, 3.05) is 29.6 Å². The fourth-order valence-electron chi connectivity index (χ4n) is 5.89. The van der Waals surface area contributed by atoms with Crippen molar-refractivity contribution in [3.05, 3.63) is 48.0 Å². The number of thiazole rings is 1. The lowest BCUT2D eigenvalue weighted by atomic mass is 9.87. The summed E-state index contributed by atoms with van der Waals surface area (Å²) >= 11 is 1.42. The van der Waals surface area contributed by atoms with Crippen molar-refractivity contribution in [2.24, 2.45) is 11.8 Å². The summed E-state index contributed by atoms with van der Waals surface area (Å²) in [6, 6.07) is 11.9. The number of pyridine rings is 1. The van der Waals surface area contributed by atoms with Crippen LogP contribution in [0.15, 0.2) is 48.0 Å². The molecule has 1 aromatic carbocycles. The molecule has 9 nitrogen and oxygen atoms in total. The normalized spacial score (nSPS) is 19.8. The maximum Gasteiger partial charge on any atom is 0.304 e. The highest BCUT2D eigenvalue weighted by atomic mass is 32.1. The number of aliphatic carboxylic acids is 1. The second-order valence-corrected chi connectivity index (χ2v) is 12.0. The lowest BCUT2D eigenvalue weighted by molar-refractivity contribution is -0.141. The molecule has 0 bridgehead atoms. The van der Waals surface area contributed by atoms with Gasteiger partial charge in [0, 0.05) is 60.8 Å². The zero-order valence-electron chi connectivity index (χ0n) is 22.9. The minimum Gasteiger partial charge on any atom is -0.481 e.